The van der Waals surface area contributed by atoms with Crippen molar-refractivity contribution in [2.45, 2.75) is 145 Å². The first kappa shape index (κ1) is 61.2. The van der Waals surface area contributed by atoms with E-state index in [4.69, 9.17) is 5.73 Å². The van der Waals surface area contributed by atoms with E-state index in [2.05, 4.69) is 43.4 Å². The molecule has 10 N–H and O–H groups in total. The minimum Gasteiger partial charge on any atom is -0.370 e. The lowest BCUT2D eigenvalue weighted by atomic mass is 10.0. The first-order valence-electron chi connectivity index (χ1n) is 28.0. The summed E-state index contributed by atoms with van der Waals surface area (Å²) in [7, 11) is -4.11. The molecule has 25 heteroatoms. The Kier molecular flexibility index (Phi) is 19.9. The van der Waals surface area contributed by atoms with E-state index in [0.29, 0.717) is 49.9 Å². The summed E-state index contributed by atoms with van der Waals surface area (Å²) in [5, 5.41) is 13.5. The van der Waals surface area contributed by atoms with Crippen LogP contribution >= 0.6 is 7.60 Å². The second kappa shape index (κ2) is 27.0. The molecule has 3 saturated heterocycles. The molecule has 3 fully saturated rings. The number of carbonyl (C=O) groups is 9. The monoisotopic (exact) mass is 1170 g/mol. The number of primary amides is 1. The summed E-state index contributed by atoms with van der Waals surface area (Å²) in [5.74, 6) is 1.30. The van der Waals surface area contributed by atoms with E-state index >= 15 is 0 Å². The number of fused-ring (bicyclic) bond motifs is 3. The number of hydrogen-bond donors (Lipinski definition) is 9. The first-order valence-corrected chi connectivity index (χ1v) is 29.6. The van der Waals surface area contributed by atoms with Gasteiger partial charge < -0.3 is 56.5 Å². The van der Waals surface area contributed by atoms with E-state index < -0.39 is 96.4 Å². The molecule has 83 heavy (non-hydrogen) atoms. The molecular formula is C58H69F2N10O12P. The number of imide groups is 1. The van der Waals surface area contributed by atoms with Crippen molar-refractivity contribution in [2.24, 2.45) is 5.73 Å². The number of nitrogens with zero attached hydrogens (tertiary/aromatic N) is 3. The number of unbranched alkanes of at least 4 members (excludes halogenated alkanes) is 7. The zero-order valence-electron chi connectivity index (χ0n) is 45.9. The van der Waals surface area contributed by atoms with Crippen molar-refractivity contribution in [1.82, 2.24) is 46.3 Å². The molecule has 0 saturated carbocycles. The van der Waals surface area contributed by atoms with E-state index in [1.54, 1.807) is 49.5 Å². The lowest BCUT2D eigenvalue weighted by Crippen LogP contribution is -2.61. The number of aromatic amines is 1. The number of halogens is 2. The van der Waals surface area contributed by atoms with Gasteiger partial charge >= 0.3 is 13.3 Å². The Morgan fingerprint density at radius 2 is 1.60 bits per heavy atom. The maximum absolute atomic E-state index is 14.5. The second-order valence-electron chi connectivity index (χ2n) is 21.6. The van der Waals surface area contributed by atoms with Crippen LogP contribution in [0.4, 0.5) is 8.78 Å². The second-order valence-corrected chi connectivity index (χ2v) is 23.3. The van der Waals surface area contributed by atoms with Gasteiger partial charge in [0.1, 0.15) is 35.9 Å². The summed E-state index contributed by atoms with van der Waals surface area (Å²) < 4.78 is 40.6. The van der Waals surface area contributed by atoms with Gasteiger partial charge in [0, 0.05) is 72.5 Å². The van der Waals surface area contributed by atoms with Gasteiger partial charge in [-0.3, -0.25) is 53.0 Å². The third-order valence-corrected chi connectivity index (χ3v) is 16.6. The van der Waals surface area contributed by atoms with E-state index in [1.807, 2.05) is 11.0 Å². The van der Waals surface area contributed by atoms with Crippen molar-refractivity contribution in [3.8, 4) is 11.8 Å². The molecule has 4 aromatic rings. The normalized spacial score (nSPS) is 20.0. The van der Waals surface area contributed by atoms with Gasteiger partial charge in [0.05, 0.1) is 0 Å². The van der Waals surface area contributed by atoms with Crippen LogP contribution in [0.5, 0.6) is 0 Å². The average molecular weight is 1170 g/mol. The van der Waals surface area contributed by atoms with Gasteiger partial charge in [0.25, 0.3) is 11.8 Å². The molecule has 1 aromatic heterocycles. The maximum atomic E-state index is 14.5. The van der Waals surface area contributed by atoms with Crippen LogP contribution in [-0.2, 0) is 50.3 Å². The Labute approximate surface area is 477 Å². The van der Waals surface area contributed by atoms with Crippen LogP contribution in [0.15, 0.2) is 72.8 Å². The highest BCUT2D eigenvalue weighted by Crippen LogP contribution is 2.59. The van der Waals surface area contributed by atoms with Crippen molar-refractivity contribution in [3.63, 3.8) is 0 Å². The number of nitrogens with one attached hydrogen (secondary N) is 6. The first-order chi connectivity index (χ1) is 39.6. The summed E-state index contributed by atoms with van der Waals surface area (Å²) in [6.07, 6.45) is 7.97. The van der Waals surface area contributed by atoms with Crippen LogP contribution in [0.1, 0.15) is 145 Å². The largest absolute Gasteiger partial charge is 0.399 e. The van der Waals surface area contributed by atoms with E-state index in [1.165, 1.54) is 15.9 Å². The van der Waals surface area contributed by atoms with Crippen LogP contribution in [-0.4, -0.2) is 140 Å². The molecule has 5 heterocycles. The number of carbonyl (C=O) groups excluding carboxylic acids is 9. The van der Waals surface area contributed by atoms with E-state index in [0.717, 1.165) is 67.9 Å². The quantitative estimate of drug-likeness (QED) is 0.0221. The third kappa shape index (κ3) is 14.9. The van der Waals surface area contributed by atoms with Gasteiger partial charge in [0.15, 0.2) is 0 Å². The Morgan fingerprint density at radius 1 is 0.867 bits per heavy atom. The topological polar surface area (TPSA) is 323 Å². The maximum Gasteiger partial charge on any atom is 0.399 e. The van der Waals surface area contributed by atoms with Crippen LogP contribution in [0.2, 0.25) is 0 Å². The molecule has 9 amide bonds. The average Bonchev–Trinajstić information content (AvgIpc) is 3.46. The molecule has 1 unspecified atom stereocenters. The Hall–Kier alpha value is -7.84. The number of H-pyrrole nitrogens is 1. The summed E-state index contributed by atoms with van der Waals surface area (Å²) in [6, 6.07) is 11.9. The standard InChI is InChI=1S/C58H69F2N10O12P/c1-68-30-28-39-21-24-47(70(39)57(79)45(34-68)65-52(74)44-32-37-31-38(20-22-42(37)63-44)58(59,60)83(80,81)82)54(76)64-43(23-26-48(61)71)51(73)67-50(36-16-11-9-12-17-36)55(77)62-29-13-8-6-4-2-3-5-7-10-15-35-18-14-19-40-41(35)33-69(56(40)78)46-25-27-49(72)66-53(46)75/h9,11-12,14,16-20,22,31-32,39,43,45-47,50,63H,2-8,13,21,23-30,33-34H2,1H3,(H2,61,71)(H,62,77)(H,64,76)(H,65,74)(H,67,73)(H,66,72,75)(H2,80,81,82)/t39-,43+,45+,46?,47+,50+/m1/s1. The Bertz CT molecular complexity index is 3250. The van der Waals surface area contributed by atoms with Crippen LogP contribution in [0.3, 0.4) is 0 Å². The predicted octanol–water partition coefficient (Wildman–Crippen LogP) is 3.85. The molecule has 0 aliphatic carbocycles. The summed E-state index contributed by atoms with van der Waals surface area (Å²) in [4.78, 5) is 146. The lowest BCUT2D eigenvalue weighted by Gasteiger charge is -2.38. The fourth-order valence-electron chi connectivity index (χ4n) is 11.1. The Balaban J connectivity index is 0.814. The summed E-state index contributed by atoms with van der Waals surface area (Å²) in [6.45, 7) is 1.09. The van der Waals surface area contributed by atoms with Gasteiger partial charge in [-0.15, -0.1) is 0 Å². The van der Waals surface area contributed by atoms with Crippen molar-refractivity contribution in [1.29, 1.82) is 0 Å². The van der Waals surface area contributed by atoms with Crippen LogP contribution in [0, 0.1) is 11.8 Å². The number of aromatic nitrogens is 1. The number of hydrogen-bond acceptors (Lipinski definition) is 11. The van der Waals surface area contributed by atoms with Crippen LogP contribution < -0.4 is 32.3 Å². The van der Waals surface area contributed by atoms with Gasteiger partial charge in [-0.2, -0.15) is 8.78 Å². The molecule has 4 aliphatic heterocycles. The summed E-state index contributed by atoms with van der Waals surface area (Å²) in [5.41, 5.74) is 2.66. The number of nitrogens with two attached hydrogens (primary N) is 1. The number of amides is 9. The van der Waals surface area contributed by atoms with Crippen molar-refractivity contribution >= 4 is 71.7 Å². The van der Waals surface area contributed by atoms with E-state index in [9.17, 15) is 66.3 Å². The highest BCUT2D eigenvalue weighted by Gasteiger charge is 2.51. The number of piperidine rings is 1. The number of likely N-dealkylation sites (N-methyl/N-ethyl adjacent to an activating group) is 1. The van der Waals surface area contributed by atoms with Crippen molar-refractivity contribution in [2.75, 3.05) is 26.7 Å². The minimum atomic E-state index is -5.87. The lowest BCUT2D eigenvalue weighted by molar-refractivity contribution is -0.144. The Morgan fingerprint density at radius 3 is 2.33 bits per heavy atom. The van der Waals surface area contributed by atoms with Gasteiger partial charge in [0.2, 0.25) is 41.4 Å². The van der Waals surface area contributed by atoms with E-state index in [-0.39, 0.29) is 73.6 Å². The third-order valence-electron chi connectivity index (χ3n) is 15.7. The molecule has 6 atom stereocenters. The van der Waals surface area contributed by atoms with Gasteiger partial charge in [-0.25, -0.2) is 0 Å². The molecule has 22 nitrogen and oxygen atoms in total. The molecule has 8 rings (SSSR count). The summed E-state index contributed by atoms with van der Waals surface area (Å²) >= 11 is 0. The van der Waals surface area contributed by atoms with Crippen molar-refractivity contribution < 1.29 is 66.3 Å². The highest BCUT2D eigenvalue weighted by atomic mass is 31.2. The fourth-order valence-corrected chi connectivity index (χ4v) is 11.6. The molecular weight excluding hydrogens is 1100 g/mol. The van der Waals surface area contributed by atoms with Crippen LogP contribution in [0.25, 0.3) is 10.9 Å². The molecule has 0 bridgehead atoms. The smallest absolute Gasteiger partial charge is 0.370 e. The number of benzene rings is 3. The number of alkyl halides is 2. The molecule has 4 aliphatic rings. The molecule has 442 valence electrons. The zero-order valence-corrected chi connectivity index (χ0v) is 46.8. The fraction of sp³-hybridized carbons (Fsp3) is 0.466. The van der Waals surface area contributed by atoms with Gasteiger partial charge in [-0.1, -0.05) is 86.4 Å². The molecule has 0 spiro atoms. The SMILES string of the molecule is CN1CC[C@H]2CC[C@@H](C(=O)N[C@@H](CCC(N)=O)C(=O)N[C@H](C(=O)NCCCCCCCCCC#Cc3cccc4c3CN(C3CCC(=O)NC3=O)C4=O)c3ccccc3)N2C(=O)[C@@H](NC(=O)c2cc3cc(C(F)(F)P(=O)(O)O)ccc3[nH]2)C1. The molecule has 3 aromatic carbocycles. The number of rotatable bonds is 23. The minimum absolute atomic E-state index is 0.0234. The van der Waals surface area contributed by atoms with Gasteiger partial charge in [-0.05, 0) is 100.0 Å². The van der Waals surface area contributed by atoms with Crippen molar-refractivity contribution in [3.05, 3.63) is 106 Å². The predicted molar refractivity (Wildman–Crippen MR) is 298 cm³/mol. The highest BCUT2D eigenvalue weighted by molar-refractivity contribution is 7.52. The molecule has 0 radical (unpaired) electrons. The zero-order chi connectivity index (χ0) is 59.6.